The van der Waals surface area contributed by atoms with Crippen molar-refractivity contribution in [3.8, 4) is 5.75 Å². The van der Waals surface area contributed by atoms with E-state index in [4.69, 9.17) is 9.84 Å². The van der Waals surface area contributed by atoms with Gasteiger partial charge >= 0.3 is 0 Å². The molecule has 0 N–H and O–H groups in total. The summed E-state index contributed by atoms with van der Waals surface area (Å²) in [6.07, 6.45) is 4.49. The lowest BCUT2D eigenvalue weighted by atomic mass is 9.88. The number of rotatable bonds is 4. The lowest BCUT2D eigenvalue weighted by molar-refractivity contribution is -0.133. The van der Waals surface area contributed by atoms with Crippen LogP contribution in [0.15, 0.2) is 18.2 Å². The first kappa shape index (κ1) is 20.0. The highest BCUT2D eigenvalue weighted by Gasteiger charge is 2.36. The molecule has 2 heterocycles. The van der Waals surface area contributed by atoms with Crippen molar-refractivity contribution in [3.63, 3.8) is 0 Å². The molecule has 0 unspecified atom stereocenters. The number of benzene rings is 1. The van der Waals surface area contributed by atoms with E-state index in [0.717, 1.165) is 30.7 Å². The average Bonchev–Trinajstić information content (AvgIpc) is 3.24. The SMILES string of the molecule is COc1cccc([C@@H]2C[C@H](C)CN2C(=O)Cn2nc3c(c2C)CCC[C@@H]3C)c1C. The molecular formula is C24H33N3O2. The van der Waals surface area contributed by atoms with Gasteiger partial charge in [-0.25, -0.2) is 0 Å². The standard InChI is InChI=1S/C24H33N3O2/c1-15-12-21(19-9-7-11-22(29-5)17(19)3)26(13-15)23(28)14-27-18(4)20-10-6-8-16(2)24(20)25-27/h7,9,11,15-16,21H,6,8,10,12-14H2,1-5H3/t15-,16-,21-/m0/s1. The molecule has 1 amide bonds. The first-order valence-electron chi connectivity index (χ1n) is 10.9. The minimum Gasteiger partial charge on any atom is -0.496 e. The van der Waals surface area contributed by atoms with Crippen molar-refractivity contribution in [2.75, 3.05) is 13.7 Å². The molecule has 2 aliphatic rings. The van der Waals surface area contributed by atoms with Crippen LogP contribution in [-0.4, -0.2) is 34.2 Å². The van der Waals surface area contributed by atoms with Gasteiger partial charge in [-0.15, -0.1) is 0 Å². The molecule has 5 nitrogen and oxygen atoms in total. The Bertz CT molecular complexity index is 917. The number of methoxy groups -OCH3 is 1. The maximum absolute atomic E-state index is 13.4. The first-order chi connectivity index (χ1) is 13.9. The Hall–Kier alpha value is -2.30. The molecule has 0 radical (unpaired) electrons. The minimum atomic E-state index is 0.108. The lowest BCUT2D eigenvalue weighted by Gasteiger charge is -2.27. The van der Waals surface area contributed by atoms with Crippen LogP contribution in [0.25, 0.3) is 0 Å². The number of hydrogen-bond acceptors (Lipinski definition) is 3. The fraction of sp³-hybridized carbons (Fsp3) is 0.583. The Balaban J connectivity index is 1.60. The Kier molecular flexibility index (Phi) is 5.41. The maximum atomic E-state index is 13.4. The van der Waals surface area contributed by atoms with Crippen LogP contribution in [0.3, 0.4) is 0 Å². The summed E-state index contributed by atoms with van der Waals surface area (Å²) in [6.45, 7) is 9.82. The molecule has 4 rings (SSSR count). The molecule has 1 aromatic heterocycles. The molecule has 0 spiro atoms. The molecule has 1 fully saturated rings. The normalized spacial score (nSPS) is 23.9. The Morgan fingerprint density at radius 3 is 2.79 bits per heavy atom. The van der Waals surface area contributed by atoms with E-state index >= 15 is 0 Å². The number of fused-ring (bicyclic) bond motifs is 1. The molecule has 1 aliphatic heterocycles. The van der Waals surface area contributed by atoms with E-state index in [1.54, 1.807) is 7.11 Å². The van der Waals surface area contributed by atoms with Crippen LogP contribution in [-0.2, 0) is 17.8 Å². The topological polar surface area (TPSA) is 47.4 Å². The Morgan fingerprint density at radius 2 is 2.07 bits per heavy atom. The second kappa shape index (κ2) is 7.85. The highest BCUT2D eigenvalue weighted by Crippen LogP contribution is 2.39. The maximum Gasteiger partial charge on any atom is 0.244 e. The number of likely N-dealkylation sites (tertiary alicyclic amines) is 1. The molecule has 2 aromatic rings. The van der Waals surface area contributed by atoms with Crippen molar-refractivity contribution in [3.05, 3.63) is 46.3 Å². The summed E-state index contributed by atoms with van der Waals surface area (Å²) < 4.78 is 7.47. The molecule has 3 atom stereocenters. The molecule has 1 aliphatic carbocycles. The zero-order valence-corrected chi connectivity index (χ0v) is 18.4. The average molecular weight is 396 g/mol. The third-order valence-corrected chi connectivity index (χ3v) is 6.91. The number of nitrogens with zero attached hydrogens (tertiary/aromatic N) is 3. The van der Waals surface area contributed by atoms with E-state index in [2.05, 4.69) is 38.7 Å². The van der Waals surface area contributed by atoms with E-state index in [1.165, 1.54) is 35.4 Å². The van der Waals surface area contributed by atoms with Gasteiger partial charge in [0.1, 0.15) is 12.3 Å². The van der Waals surface area contributed by atoms with Crippen LogP contribution < -0.4 is 4.74 Å². The van der Waals surface area contributed by atoms with Gasteiger partial charge in [-0.1, -0.05) is 26.0 Å². The molecule has 156 valence electrons. The number of aromatic nitrogens is 2. The highest BCUT2D eigenvalue weighted by atomic mass is 16.5. The van der Waals surface area contributed by atoms with Crippen LogP contribution in [0.1, 0.15) is 73.1 Å². The molecule has 5 heteroatoms. The third kappa shape index (κ3) is 3.56. The summed E-state index contributed by atoms with van der Waals surface area (Å²) in [7, 11) is 1.70. The fourth-order valence-electron chi connectivity index (χ4n) is 5.24. The summed E-state index contributed by atoms with van der Waals surface area (Å²) in [4.78, 5) is 15.5. The van der Waals surface area contributed by atoms with Crippen LogP contribution in [0, 0.1) is 19.8 Å². The van der Waals surface area contributed by atoms with Gasteiger partial charge in [0.2, 0.25) is 5.91 Å². The lowest BCUT2D eigenvalue weighted by Crippen LogP contribution is -2.34. The van der Waals surface area contributed by atoms with Crippen LogP contribution in [0.5, 0.6) is 5.75 Å². The predicted octanol–water partition coefficient (Wildman–Crippen LogP) is 4.56. The number of ether oxygens (including phenoxy) is 1. The molecule has 0 saturated carbocycles. The third-order valence-electron chi connectivity index (χ3n) is 6.91. The van der Waals surface area contributed by atoms with Gasteiger partial charge in [-0.05, 0) is 68.2 Å². The molecule has 1 aromatic carbocycles. The van der Waals surface area contributed by atoms with Crippen molar-refractivity contribution in [1.29, 1.82) is 0 Å². The van der Waals surface area contributed by atoms with E-state index in [9.17, 15) is 4.79 Å². The van der Waals surface area contributed by atoms with Gasteiger partial charge in [0.05, 0.1) is 18.8 Å². The van der Waals surface area contributed by atoms with Crippen molar-refractivity contribution in [1.82, 2.24) is 14.7 Å². The van der Waals surface area contributed by atoms with Crippen LogP contribution in [0.2, 0.25) is 0 Å². The summed E-state index contributed by atoms with van der Waals surface area (Å²) in [5, 5.41) is 4.85. The fourth-order valence-corrected chi connectivity index (χ4v) is 5.24. The summed E-state index contributed by atoms with van der Waals surface area (Å²) >= 11 is 0. The Morgan fingerprint density at radius 1 is 1.28 bits per heavy atom. The van der Waals surface area contributed by atoms with Gasteiger partial charge in [-0.2, -0.15) is 5.10 Å². The van der Waals surface area contributed by atoms with Gasteiger partial charge < -0.3 is 9.64 Å². The second-order valence-corrected chi connectivity index (χ2v) is 8.98. The van der Waals surface area contributed by atoms with Crippen LogP contribution >= 0.6 is 0 Å². The zero-order valence-electron chi connectivity index (χ0n) is 18.4. The molecule has 1 saturated heterocycles. The Labute approximate surface area is 174 Å². The largest absolute Gasteiger partial charge is 0.496 e. The quantitative estimate of drug-likeness (QED) is 0.762. The first-order valence-corrected chi connectivity index (χ1v) is 10.9. The van der Waals surface area contributed by atoms with E-state index in [0.29, 0.717) is 18.4 Å². The zero-order chi connectivity index (χ0) is 20.7. The molecule has 0 bridgehead atoms. The van der Waals surface area contributed by atoms with Gasteiger partial charge in [-0.3, -0.25) is 9.48 Å². The van der Waals surface area contributed by atoms with E-state index in [1.807, 2.05) is 16.8 Å². The number of carbonyl (C=O) groups excluding carboxylic acids is 1. The van der Waals surface area contributed by atoms with Gasteiger partial charge in [0.15, 0.2) is 0 Å². The number of amides is 1. The minimum absolute atomic E-state index is 0.108. The number of carbonyl (C=O) groups is 1. The predicted molar refractivity (Wildman–Crippen MR) is 114 cm³/mol. The highest BCUT2D eigenvalue weighted by molar-refractivity contribution is 5.77. The summed E-state index contributed by atoms with van der Waals surface area (Å²) in [5.74, 6) is 2.03. The van der Waals surface area contributed by atoms with E-state index in [-0.39, 0.29) is 11.9 Å². The summed E-state index contributed by atoms with van der Waals surface area (Å²) in [6, 6.07) is 6.26. The van der Waals surface area contributed by atoms with E-state index < -0.39 is 0 Å². The van der Waals surface area contributed by atoms with Crippen molar-refractivity contribution in [2.45, 2.75) is 71.9 Å². The molecule has 29 heavy (non-hydrogen) atoms. The summed E-state index contributed by atoms with van der Waals surface area (Å²) in [5.41, 5.74) is 6.07. The van der Waals surface area contributed by atoms with Gasteiger partial charge in [0.25, 0.3) is 0 Å². The van der Waals surface area contributed by atoms with Crippen molar-refractivity contribution in [2.24, 2.45) is 5.92 Å². The smallest absolute Gasteiger partial charge is 0.244 e. The molecular weight excluding hydrogens is 362 g/mol. The second-order valence-electron chi connectivity index (χ2n) is 8.98. The van der Waals surface area contributed by atoms with Crippen molar-refractivity contribution >= 4 is 5.91 Å². The number of hydrogen-bond donors (Lipinski definition) is 0. The van der Waals surface area contributed by atoms with Crippen molar-refractivity contribution < 1.29 is 9.53 Å². The van der Waals surface area contributed by atoms with Gasteiger partial charge in [0, 0.05) is 18.2 Å². The van der Waals surface area contributed by atoms with Crippen LogP contribution in [0.4, 0.5) is 0 Å². The monoisotopic (exact) mass is 395 g/mol.